The number of hydrogen-bond donors (Lipinski definition) is 2. The van der Waals surface area contributed by atoms with Crippen LogP contribution in [0, 0.1) is 10.1 Å². The van der Waals surface area contributed by atoms with E-state index in [1.807, 2.05) is 0 Å². The summed E-state index contributed by atoms with van der Waals surface area (Å²) in [6.07, 6.45) is 0. The molecular formula is C19H25N3O7. The van der Waals surface area contributed by atoms with Gasteiger partial charge in [-0.15, -0.1) is 0 Å². The molecule has 10 nitrogen and oxygen atoms in total. The number of aliphatic hydroxyl groups is 1. The minimum atomic E-state index is -2.57. The van der Waals surface area contributed by atoms with Crippen molar-refractivity contribution in [1.82, 2.24) is 5.01 Å². The van der Waals surface area contributed by atoms with Crippen LogP contribution in [0.25, 0.3) is 0 Å². The predicted octanol–water partition coefficient (Wildman–Crippen LogP) is 1.74. The van der Waals surface area contributed by atoms with E-state index in [0.29, 0.717) is 5.01 Å². The quantitative estimate of drug-likeness (QED) is 0.322. The lowest BCUT2D eigenvalue weighted by atomic mass is 9.83. The van der Waals surface area contributed by atoms with E-state index in [4.69, 9.17) is 15.3 Å². The first kappa shape index (κ1) is 22.3. The van der Waals surface area contributed by atoms with Gasteiger partial charge < -0.3 is 14.6 Å². The molecule has 1 heterocycles. The monoisotopic (exact) mass is 407 g/mol. The lowest BCUT2D eigenvalue weighted by Crippen LogP contribution is -2.58. The average Bonchev–Trinajstić information content (AvgIpc) is 2.82. The summed E-state index contributed by atoms with van der Waals surface area (Å²) in [6, 6.07) is 5.49. The van der Waals surface area contributed by atoms with Gasteiger partial charge in [-0.3, -0.25) is 15.1 Å². The number of nitrogens with zero attached hydrogens (tertiary/aromatic N) is 2. The highest BCUT2D eigenvalue weighted by Crippen LogP contribution is 2.49. The smallest absolute Gasteiger partial charge is 0.362 e. The van der Waals surface area contributed by atoms with Crippen LogP contribution in [0.15, 0.2) is 35.5 Å². The van der Waals surface area contributed by atoms with Crippen LogP contribution in [-0.2, 0) is 19.1 Å². The Balaban J connectivity index is 2.77. The Morgan fingerprint density at radius 3 is 2.45 bits per heavy atom. The van der Waals surface area contributed by atoms with E-state index in [-0.39, 0.29) is 29.1 Å². The minimum absolute atomic E-state index is 0.0398. The van der Waals surface area contributed by atoms with Gasteiger partial charge in [0.2, 0.25) is 0 Å². The molecule has 10 heteroatoms. The van der Waals surface area contributed by atoms with Gasteiger partial charge in [-0.2, -0.15) is 0 Å². The first-order valence-electron chi connectivity index (χ1n) is 8.98. The van der Waals surface area contributed by atoms with Crippen molar-refractivity contribution in [2.45, 2.75) is 51.9 Å². The summed E-state index contributed by atoms with van der Waals surface area (Å²) in [5.74, 6) is 2.50. The molecule has 0 radical (unpaired) electrons. The summed E-state index contributed by atoms with van der Waals surface area (Å²) < 4.78 is 10.4. The zero-order chi connectivity index (χ0) is 22.1. The summed E-state index contributed by atoms with van der Waals surface area (Å²) in [5.41, 5.74) is -4.03. The molecule has 1 aromatic carbocycles. The molecule has 0 spiro atoms. The number of para-hydroxylation sites is 1. The third-order valence-electron chi connectivity index (χ3n) is 4.45. The fourth-order valence-corrected chi connectivity index (χ4v) is 3.26. The van der Waals surface area contributed by atoms with Gasteiger partial charge in [0.1, 0.15) is 5.60 Å². The van der Waals surface area contributed by atoms with Crippen molar-refractivity contribution >= 4 is 17.6 Å². The number of carbonyl (C=O) groups excluding carboxylic acids is 2. The van der Waals surface area contributed by atoms with Crippen molar-refractivity contribution in [2.75, 3.05) is 6.61 Å². The molecule has 0 saturated carbocycles. The van der Waals surface area contributed by atoms with Crippen molar-refractivity contribution in [2.24, 2.45) is 5.84 Å². The van der Waals surface area contributed by atoms with Crippen LogP contribution in [0.5, 0.6) is 0 Å². The van der Waals surface area contributed by atoms with Crippen molar-refractivity contribution in [3.63, 3.8) is 0 Å². The number of allylic oxidation sites excluding steroid dienone is 1. The number of carbonyl (C=O) groups is 2. The van der Waals surface area contributed by atoms with Gasteiger partial charge in [0, 0.05) is 17.3 Å². The van der Waals surface area contributed by atoms with E-state index in [1.165, 1.54) is 38.1 Å². The molecule has 0 aliphatic carbocycles. The van der Waals surface area contributed by atoms with E-state index >= 15 is 0 Å². The van der Waals surface area contributed by atoms with Gasteiger partial charge in [0.25, 0.3) is 11.4 Å². The van der Waals surface area contributed by atoms with Gasteiger partial charge in [0.05, 0.1) is 23.0 Å². The molecule has 3 N–H and O–H groups in total. The Morgan fingerprint density at radius 2 is 1.93 bits per heavy atom. The van der Waals surface area contributed by atoms with Crippen molar-refractivity contribution < 1.29 is 29.1 Å². The molecule has 0 unspecified atom stereocenters. The maximum Gasteiger partial charge on any atom is 0.362 e. The number of nitrogens with two attached hydrogens (primary N) is 1. The van der Waals surface area contributed by atoms with E-state index < -0.39 is 34.1 Å². The Hall–Kier alpha value is -2.98. The minimum Gasteiger partial charge on any atom is -0.462 e. The Morgan fingerprint density at radius 1 is 1.34 bits per heavy atom. The SMILES string of the molecule is CCOC(=O)[C@]1(O)[C@@H](c2ccccc2[N+](=O)[O-])C(C(=O)OC(C)(C)C)=C(C)N1N. The highest BCUT2D eigenvalue weighted by molar-refractivity contribution is 5.96. The molecule has 2 atom stereocenters. The van der Waals surface area contributed by atoms with E-state index in [9.17, 15) is 24.8 Å². The summed E-state index contributed by atoms with van der Waals surface area (Å²) in [5, 5.41) is 23.6. The van der Waals surface area contributed by atoms with Crippen LogP contribution in [0.2, 0.25) is 0 Å². The third kappa shape index (κ3) is 3.94. The molecule has 1 aliphatic heterocycles. The number of rotatable bonds is 5. The Labute approximate surface area is 168 Å². The van der Waals surface area contributed by atoms with Crippen LogP contribution < -0.4 is 5.84 Å². The molecule has 0 fully saturated rings. The second kappa shape index (κ2) is 7.80. The molecule has 0 aromatic heterocycles. The van der Waals surface area contributed by atoms with Crippen LogP contribution in [0.3, 0.4) is 0 Å². The Kier molecular flexibility index (Phi) is 6.00. The largest absolute Gasteiger partial charge is 0.462 e. The van der Waals surface area contributed by atoms with Gasteiger partial charge in [-0.1, -0.05) is 18.2 Å². The zero-order valence-corrected chi connectivity index (χ0v) is 17.0. The number of esters is 2. The van der Waals surface area contributed by atoms with Gasteiger partial charge in [0.15, 0.2) is 0 Å². The van der Waals surface area contributed by atoms with Crippen LogP contribution in [0.1, 0.15) is 46.1 Å². The van der Waals surface area contributed by atoms with E-state index in [0.717, 1.165) is 0 Å². The second-order valence-electron chi connectivity index (χ2n) is 7.57. The Bertz CT molecular complexity index is 875. The second-order valence-corrected chi connectivity index (χ2v) is 7.57. The van der Waals surface area contributed by atoms with Gasteiger partial charge in [-0.05, 0) is 34.6 Å². The lowest BCUT2D eigenvalue weighted by molar-refractivity contribution is -0.385. The molecule has 2 rings (SSSR count). The summed E-state index contributed by atoms with van der Waals surface area (Å²) in [7, 11) is 0. The van der Waals surface area contributed by atoms with Crippen LogP contribution in [-0.4, -0.2) is 44.9 Å². The van der Waals surface area contributed by atoms with Gasteiger partial charge >= 0.3 is 11.9 Å². The van der Waals surface area contributed by atoms with Crippen LogP contribution in [0.4, 0.5) is 5.69 Å². The average molecular weight is 407 g/mol. The predicted molar refractivity (Wildman–Crippen MR) is 102 cm³/mol. The molecule has 0 saturated heterocycles. The first-order valence-corrected chi connectivity index (χ1v) is 8.98. The maximum absolute atomic E-state index is 13.0. The van der Waals surface area contributed by atoms with Crippen molar-refractivity contribution in [3.05, 3.63) is 51.2 Å². The molecule has 1 aromatic rings. The van der Waals surface area contributed by atoms with E-state index in [2.05, 4.69) is 0 Å². The fraction of sp³-hybridized carbons (Fsp3) is 0.474. The number of hydrazine groups is 1. The number of ether oxygens (including phenoxy) is 2. The molecule has 158 valence electrons. The lowest BCUT2D eigenvalue weighted by Gasteiger charge is -2.34. The number of hydrogen-bond acceptors (Lipinski definition) is 9. The molecule has 0 amide bonds. The molecule has 29 heavy (non-hydrogen) atoms. The normalized spacial score (nSPS) is 21.9. The summed E-state index contributed by atoms with van der Waals surface area (Å²) in [6.45, 7) is 7.82. The fourth-order valence-electron chi connectivity index (χ4n) is 3.26. The molecule has 1 aliphatic rings. The summed E-state index contributed by atoms with van der Waals surface area (Å²) in [4.78, 5) is 36.6. The van der Waals surface area contributed by atoms with Gasteiger partial charge in [-0.25, -0.2) is 15.4 Å². The highest BCUT2D eigenvalue weighted by Gasteiger charge is 2.61. The topological polar surface area (TPSA) is 145 Å². The van der Waals surface area contributed by atoms with Crippen molar-refractivity contribution in [1.29, 1.82) is 0 Å². The number of nitro groups is 1. The van der Waals surface area contributed by atoms with Crippen molar-refractivity contribution in [3.8, 4) is 0 Å². The van der Waals surface area contributed by atoms with Crippen LogP contribution >= 0.6 is 0 Å². The maximum atomic E-state index is 13.0. The standard InChI is InChI=1S/C19H25N3O7/c1-6-28-17(24)19(25)15(12-9-7-8-10-13(12)22(26)27)14(11(2)21(19)20)16(23)29-18(3,4)5/h7-10,15,25H,6,20H2,1-5H3/t15-,19+/m0/s1. The number of nitro benzene ring substituents is 1. The third-order valence-corrected chi connectivity index (χ3v) is 4.45. The number of benzene rings is 1. The summed E-state index contributed by atoms with van der Waals surface area (Å²) >= 11 is 0. The molecule has 0 bridgehead atoms. The zero-order valence-electron chi connectivity index (χ0n) is 17.0. The molecular weight excluding hydrogens is 382 g/mol. The first-order chi connectivity index (χ1) is 13.4. The highest BCUT2D eigenvalue weighted by atomic mass is 16.6. The van der Waals surface area contributed by atoms with E-state index in [1.54, 1.807) is 20.8 Å².